The molecule has 23 heavy (non-hydrogen) atoms. The van der Waals surface area contributed by atoms with Gasteiger partial charge in [0.2, 0.25) is 0 Å². The fraction of sp³-hybridized carbons (Fsp3) is 0.944. The van der Waals surface area contributed by atoms with Gasteiger partial charge in [0, 0.05) is 18.6 Å². The van der Waals surface area contributed by atoms with Crippen LogP contribution in [0.1, 0.15) is 59.3 Å². The number of carbonyl (C=O) groups excluding carboxylic acids is 1. The predicted octanol–water partition coefficient (Wildman–Crippen LogP) is 2.75. The molecular weight excluding hydrogens is 290 g/mol. The second kappa shape index (κ2) is 9.48. The van der Waals surface area contributed by atoms with Gasteiger partial charge in [0.25, 0.3) is 0 Å². The Morgan fingerprint density at radius 2 is 1.78 bits per heavy atom. The molecule has 0 aromatic carbocycles. The van der Waals surface area contributed by atoms with Crippen LogP contribution in [0.4, 0.5) is 4.79 Å². The van der Waals surface area contributed by atoms with Crippen molar-refractivity contribution in [1.82, 2.24) is 15.5 Å². The minimum Gasteiger partial charge on any atom is -0.377 e. The van der Waals surface area contributed by atoms with Crippen LogP contribution in [0.25, 0.3) is 0 Å². The van der Waals surface area contributed by atoms with Gasteiger partial charge in [-0.2, -0.15) is 0 Å². The SMILES string of the molecule is CC1CCN(C2CCC(NC(=O)NCCOC(C)C)CC2)CC1. The Bertz CT molecular complexity index is 346. The lowest BCUT2D eigenvalue weighted by atomic mass is 9.88. The number of hydrogen-bond acceptors (Lipinski definition) is 3. The van der Waals surface area contributed by atoms with Crippen molar-refractivity contribution in [1.29, 1.82) is 0 Å². The highest BCUT2D eigenvalue weighted by Gasteiger charge is 2.28. The lowest BCUT2D eigenvalue weighted by Crippen LogP contribution is -2.48. The van der Waals surface area contributed by atoms with Crippen LogP contribution in [0.15, 0.2) is 0 Å². The molecule has 2 N–H and O–H groups in total. The minimum absolute atomic E-state index is 0.0485. The van der Waals surface area contributed by atoms with Crippen LogP contribution in [0, 0.1) is 5.92 Å². The highest BCUT2D eigenvalue weighted by atomic mass is 16.5. The van der Waals surface area contributed by atoms with Gasteiger partial charge in [-0.3, -0.25) is 0 Å². The van der Waals surface area contributed by atoms with Gasteiger partial charge in [0.05, 0.1) is 12.7 Å². The fourth-order valence-electron chi connectivity index (χ4n) is 3.67. The maximum absolute atomic E-state index is 11.9. The number of carbonyl (C=O) groups is 1. The first-order valence-corrected chi connectivity index (χ1v) is 9.44. The normalized spacial score (nSPS) is 27.1. The van der Waals surface area contributed by atoms with Gasteiger partial charge in [-0.25, -0.2) is 4.79 Å². The molecule has 1 saturated heterocycles. The summed E-state index contributed by atoms with van der Waals surface area (Å²) in [6.45, 7) is 10.0. The van der Waals surface area contributed by atoms with Gasteiger partial charge < -0.3 is 20.3 Å². The highest BCUT2D eigenvalue weighted by molar-refractivity contribution is 5.74. The zero-order chi connectivity index (χ0) is 16.7. The number of nitrogens with one attached hydrogen (secondary N) is 2. The third-order valence-electron chi connectivity index (χ3n) is 5.21. The van der Waals surface area contributed by atoms with E-state index in [1.54, 1.807) is 0 Å². The molecule has 2 amide bonds. The number of hydrogen-bond donors (Lipinski definition) is 2. The fourth-order valence-corrected chi connectivity index (χ4v) is 3.67. The zero-order valence-corrected chi connectivity index (χ0v) is 15.1. The molecule has 0 atom stereocenters. The van der Waals surface area contributed by atoms with E-state index in [0.717, 1.165) is 24.8 Å². The molecule has 0 spiro atoms. The quantitative estimate of drug-likeness (QED) is 0.738. The molecule has 2 aliphatic rings. The first-order valence-electron chi connectivity index (χ1n) is 9.44. The zero-order valence-electron chi connectivity index (χ0n) is 15.1. The number of piperidine rings is 1. The van der Waals surface area contributed by atoms with E-state index in [-0.39, 0.29) is 12.1 Å². The summed E-state index contributed by atoms with van der Waals surface area (Å²) in [5, 5.41) is 5.99. The molecule has 1 heterocycles. The van der Waals surface area contributed by atoms with Crippen molar-refractivity contribution in [3.8, 4) is 0 Å². The van der Waals surface area contributed by atoms with E-state index in [9.17, 15) is 4.79 Å². The number of likely N-dealkylation sites (tertiary alicyclic amines) is 1. The Labute approximate surface area is 141 Å². The van der Waals surface area contributed by atoms with Crippen LogP contribution in [0.3, 0.4) is 0 Å². The van der Waals surface area contributed by atoms with E-state index in [1.807, 2.05) is 13.8 Å². The topological polar surface area (TPSA) is 53.6 Å². The molecular formula is C18H35N3O2. The van der Waals surface area contributed by atoms with Crippen LogP contribution in [0.5, 0.6) is 0 Å². The van der Waals surface area contributed by atoms with Crippen molar-refractivity contribution in [2.75, 3.05) is 26.2 Å². The molecule has 5 nitrogen and oxygen atoms in total. The Morgan fingerprint density at radius 1 is 1.13 bits per heavy atom. The van der Waals surface area contributed by atoms with Gasteiger partial charge in [-0.15, -0.1) is 0 Å². The molecule has 2 rings (SSSR count). The second-order valence-corrected chi connectivity index (χ2v) is 7.54. The van der Waals surface area contributed by atoms with Crippen LogP contribution in [-0.4, -0.2) is 55.4 Å². The molecule has 0 unspecified atom stereocenters. The summed E-state index contributed by atoms with van der Waals surface area (Å²) in [5.41, 5.74) is 0. The van der Waals surface area contributed by atoms with Crippen LogP contribution in [-0.2, 0) is 4.74 Å². The molecule has 134 valence electrons. The summed E-state index contributed by atoms with van der Waals surface area (Å²) in [6, 6.07) is 1.02. The van der Waals surface area contributed by atoms with Gasteiger partial charge in [-0.1, -0.05) is 6.92 Å². The van der Waals surface area contributed by atoms with Crippen LogP contribution in [0.2, 0.25) is 0 Å². The number of rotatable bonds is 6. The van der Waals surface area contributed by atoms with Crippen molar-refractivity contribution in [3.63, 3.8) is 0 Å². The van der Waals surface area contributed by atoms with Gasteiger partial charge in [0.15, 0.2) is 0 Å². The van der Waals surface area contributed by atoms with E-state index < -0.39 is 0 Å². The summed E-state index contributed by atoms with van der Waals surface area (Å²) < 4.78 is 5.42. The van der Waals surface area contributed by atoms with Crippen molar-refractivity contribution in [2.45, 2.75) is 77.5 Å². The first-order chi connectivity index (χ1) is 11.0. The molecule has 1 aliphatic heterocycles. The predicted molar refractivity (Wildman–Crippen MR) is 93.6 cm³/mol. The standard InChI is InChI=1S/C18H35N3O2/c1-14(2)23-13-10-19-18(22)20-16-4-6-17(7-5-16)21-11-8-15(3)9-12-21/h14-17H,4-13H2,1-3H3,(H2,19,20,22). The number of ether oxygens (including phenoxy) is 1. The van der Waals surface area contributed by atoms with E-state index in [4.69, 9.17) is 4.74 Å². The Hall–Kier alpha value is -0.810. The molecule has 0 bridgehead atoms. The van der Waals surface area contributed by atoms with Crippen LogP contribution >= 0.6 is 0 Å². The molecule has 5 heteroatoms. The first kappa shape index (κ1) is 18.5. The van der Waals surface area contributed by atoms with E-state index in [0.29, 0.717) is 19.2 Å². The molecule has 2 fully saturated rings. The largest absolute Gasteiger partial charge is 0.377 e. The number of urea groups is 1. The van der Waals surface area contributed by atoms with E-state index in [2.05, 4.69) is 22.5 Å². The minimum atomic E-state index is -0.0485. The monoisotopic (exact) mass is 325 g/mol. The lowest BCUT2D eigenvalue weighted by Gasteiger charge is -2.40. The van der Waals surface area contributed by atoms with Gasteiger partial charge in [-0.05, 0) is 71.4 Å². The van der Waals surface area contributed by atoms with Gasteiger partial charge in [0.1, 0.15) is 0 Å². The Balaban J connectivity index is 1.58. The van der Waals surface area contributed by atoms with Crippen molar-refractivity contribution < 1.29 is 9.53 Å². The summed E-state index contributed by atoms with van der Waals surface area (Å²) in [7, 11) is 0. The molecule has 1 aliphatic carbocycles. The molecule has 1 saturated carbocycles. The summed E-state index contributed by atoms with van der Waals surface area (Å²) >= 11 is 0. The third kappa shape index (κ3) is 6.68. The van der Waals surface area contributed by atoms with E-state index in [1.165, 1.54) is 38.8 Å². The van der Waals surface area contributed by atoms with Crippen molar-refractivity contribution >= 4 is 6.03 Å². The average molecular weight is 325 g/mol. The lowest BCUT2D eigenvalue weighted by molar-refractivity contribution is 0.0814. The van der Waals surface area contributed by atoms with Crippen molar-refractivity contribution in [3.05, 3.63) is 0 Å². The average Bonchev–Trinajstić information content (AvgIpc) is 2.53. The molecule has 0 aromatic heterocycles. The Kier molecular flexibility index (Phi) is 7.63. The third-order valence-corrected chi connectivity index (χ3v) is 5.21. The smallest absolute Gasteiger partial charge is 0.315 e. The summed E-state index contributed by atoms with van der Waals surface area (Å²) in [5.74, 6) is 0.896. The maximum atomic E-state index is 11.9. The summed E-state index contributed by atoms with van der Waals surface area (Å²) in [4.78, 5) is 14.6. The molecule has 0 aromatic rings. The second-order valence-electron chi connectivity index (χ2n) is 7.54. The van der Waals surface area contributed by atoms with E-state index >= 15 is 0 Å². The van der Waals surface area contributed by atoms with Crippen molar-refractivity contribution in [2.24, 2.45) is 5.92 Å². The number of amides is 2. The van der Waals surface area contributed by atoms with Gasteiger partial charge >= 0.3 is 6.03 Å². The summed E-state index contributed by atoms with van der Waals surface area (Å²) in [6.07, 6.45) is 7.55. The van der Waals surface area contributed by atoms with Crippen LogP contribution < -0.4 is 10.6 Å². The highest BCUT2D eigenvalue weighted by Crippen LogP contribution is 2.27. The molecule has 0 radical (unpaired) electrons. The maximum Gasteiger partial charge on any atom is 0.315 e. The Morgan fingerprint density at radius 3 is 2.39 bits per heavy atom. The number of nitrogens with zero attached hydrogens (tertiary/aromatic N) is 1.